The van der Waals surface area contributed by atoms with Crippen LogP contribution in [0.1, 0.15) is 68.1 Å². The maximum Gasteiger partial charge on any atom is 0.184 e. The molecular weight excluding hydrogens is 408 g/mol. The highest BCUT2D eigenvalue weighted by molar-refractivity contribution is 5.97. The van der Waals surface area contributed by atoms with Gasteiger partial charge in [0.1, 0.15) is 11.7 Å². The summed E-state index contributed by atoms with van der Waals surface area (Å²) in [6.07, 6.45) is 4.64. The summed E-state index contributed by atoms with van der Waals surface area (Å²) in [7, 11) is 0. The zero-order chi connectivity index (χ0) is 22.4. The van der Waals surface area contributed by atoms with E-state index >= 15 is 0 Å². The van der Waals surface area contributed by atoms with Crippen LogP contribution in [-0.2, 0) is 20.7 Å². The molecule has 0 spiro atoms. The summed E-state index contributed by atoms with van der Waals surface area (Å²) in [5.74, 6) is 0.113. The third-order valence-corrected chi connectivity index (χ3v) is 9.42. The molecule has 0 amide bonds. The Kier molecular flexibility index (Phi) is 4.57. The molecule has 6 heteroatoms. The van der Waals surface area contributed by atoms with Crippen LogP contribution >= 0.6 is 0 Å². The molecule has 3 aliphatic carbocycles. The zero-order valence-electron chi connectivity index (χ0n) is 18.6. The fourth-order valence-electron chi connectivity index (χ4n) is 7.24. The molecule has 10 atom stereocenters. The van der Waals surface area contributed by atoms with Gasteiger partial charge in [-0.1, -0.05) is 31.2 Å². The van der Waals surface area contributed by atoms with Crippen LogP contribution in [0.25, 0.3) is 0 Å². The molecule has 0 bridgehead atoms. The zero-order valence-corrected chi connectivity index (χ0v) is 18.6. The summed E-state index contributed by atoms with van der Waals surface area (Å²) in [5, 5.41) is 32.5. The molecule has 6 nitrogen and oxygen atoms in total. The lowest BCUT2D eigenvalue weighted by atomic mass is 9.47. The van der Waals surface area contributed by atoms with E-state index in [2.05, 4.69) is 25.1 Å². The van der Waals surface area contributed by atoms with Gasteiger partial charge in [0.25, 0.3) is 0 Å². The van der Waals surface area contributed by atoms with Crippen LogP contribution in [0, 0.1) is 11.3 Å². The summed E-state index contributed by atoms with van der Waals surface area (Å²) in [6.45, 7) is 3.99. The molecule has 1 aromatic rings. The Hall–Kier alpha value is -1.57. The van der Waals surface area contributed by atoms with Gasteiger partial charge in [0, 0.05) is 12.3 Å². The van der Waals surface area contributed by atoms with Crippen molar-refractivity contribution >= 4 is 5.78 Å². The molecule has 172 valence electrons. The minimum absolute atomic E-state index is 0.00453. The van der Waals surface area contributed by atoms with E-state index in [9.17, 15) is 20.1 Å². The Balaban J connectivity index is 1.30. The average Bonchev–Trinajstić information content (AvgIpc) is 3.56. The number of aliphatic hydroxyl groups is 3. The number of carbonyl (C=O) groups excluding carboxylic acids is 1. The average molecular weight is 441 g/mol. The number of hydrogen-bond donors (Lipinski definition) is 3. The third-order valence-electron chi connectivity index (χ3n) is 9.42. The van der Waals surface area contributed by atoms with E-state index in [4.69, 9.17) is 9.47 Å². The maximum atomic E-state index is 13.0. The Morgan fingerprint density at radius 1 is 1.19 bits per heavy atom. The number of aliphatic hydroxyl groups excluding tert-OH is 2. The number of benzene rings is 1. The van der Waals surface area contributed by atoms with Gasteiger partial charge >= 0.3 is 0 Å². The van der Waals surface area contributed by atoms with Crippen LogP contribution < -0.4 is 0 Å². The van der Waals surface area contributed by atoms with E-state index in [0.29, 0.717) is 12.8 Å². The number of ether oxygens (including phenoxy) is 2. The van der Waals surface area contributed by atoms with Gasteiger partial charge < -0.3 is 24.8 Å². The van der Waals surface area contributed by atoms with Crippen molar-refractivity contribution in [3.8, 4) is 0 Å². The monoisotopic (exact) mass is 440 g/mol. The van der Waals surface area contributed by atoms with Crippen molar-refractivity contribution in [1.82, 2.24) is 0 Å². The number of fused-ring (bicyclic) bond motifs is 6. The first-order valence-corrected chi connectivity index (χ1v) is 12.0. The molecule has 5 aliphatic rings. The first-order chi connectivity index (χ1) is 15.2. The largest absolute Gasteiger partial charge is 0.390 e. The smallest absolute Gasteiger partial charge is 0.184 e. The maximum absolute atomic E-state index is 13.0. The molecule has 6 rings (SSSR count). The Bertz CT molecular complexity index is 989. The topological polar surface area (TPSA) is 99.5 Å². The summed E-state index contributed by atoms with van der Waals surface area (Å²) in [4.78, 5) is 13.0. The minimum Gasteiger partial charge on any atom is -0.390 e. The van der Waals surface area contributed by atoms with Crippen LogP contribution in [0.3, 0.4) is 0 Å². The molecule has 0 aromatic heterocycles. The highest BCUT2D eigenvalue weighted by Gasteiger charge is 2.65. The van der Waals surface area contributed by atoms with Crippen molar-refractivity contribution in [2.75, 3.05) is 0 Å². The van der Waals surface area contributed by atoms with Crippen molar-refractivity contribution < 1.29 is 29.6 Å². The van der Waals surface area contributed by atoms with Crippen LogP contribution in [0.5, 0.6) is 0 Å². The van der Waals surface area contributed by atoms with Gasteiger partial charge in [0.2, 0.25) is 0 Å². The standard InChI is InChI=1S/C26H32O6/c1-13(19-12-20-23(31-20)24(29)32-19)14-5-7-16-15(10-14)6-8-18-17(16)11-22(28)26(30)9-3-4-21(27)25(18,26)2/h3-5,7,10,13,17-20,22-24,28-30H,6,8-9,11-12H2,1-2H3/t13-,17-,18-,19-,20-,22+,23-,24+,25-,26-/m0/s1. The van der Waals surface area contributed by atoms with Crippen LogP contribution in [-0.4, -0.2) is 57.4 Å². The van der Waals surface area contributed by atoms with Crippen molar-refractivity contribution in [2.24, 2.45) is 11.3 Å². The van der Waals surface area contributed by atoms with E-state index in [1.165, 1.54) is 16.7 Å². The summed E-state index contributed by atoms with van der Waals surface area (Å²) >= 11 is 0. The lowest BCUT2D eigenvalue weighted by Crippen LogP contribution is -2.67. The summed E-state index contributed by atoms with van der Waals surface area (Å²) in [5.41, 5.74) is 1.26. The van der Waals surface area contributed by atoms with Crippen molar-refractivity contribution in [1.29, 1.82) is 0 Å². The molecule has 32 heavy (non-hydrogen) atoms. The fraction of sp³-hybridized carbons (Fsp3) is 0.654. The van der Waals surface area contributed by atoms with Crippen molar-refractivity contribution in [3.63, 3.8) is 0 Å². The molecule has 0 radical (unpaired) electrons. The van der Waals surface area contributed by atoms with E-state index in [0.717, 1.165) is 19.3 Å². The van der Waals surface area contributed by atoms with E-state index < -0.39 is 23.4 Å². The molecule has 2 heterocycles. The number of rotatable bonds is 2. The SMILES string of the molecule is C[C@@H](c1ccc2c(c1)CC[C@H]1[C@H]2C[C@@H](O)[C@@]2(O)CC=CC(=O)[C@]12C)[C@@H]1C[C@@H]2O[C@@H]2[C@H](O)O1. The lowest BCUT2D eigenvalue weighted by Gasteiger charge is -2.59. The van der Waals surface area contributed by atoms with E-state index in [1.807, 2.05) is 6.92 Å². The Morgan fingerprint density at radius 3 is 2.78 bits per heavy atom. The third kappa shape index (κ3) is 2.74. The molecule has 3 N–H and O–H groups in total. The number of aryl methyl sites for hydroxylation is 1. The van der Waals surface area contributed by atoms with Crippen LogP contribution in [0.4, 0.5) is 0 Å². The molecule has 1 aromatic carbocycles. The molecule has 2 saturated heterocycles. The van der Waals surface area contributed by atoms with Crippen molar-refractivity contribution in [2.45, 2.75) is 94.1 Å². The van der Waals surface area contributed by atoms with Gasteiger partial charge in [-0.2, -0.15) is 0 Å². The quantitative estimate of drug-likeness (QED) is 0.611. The van der Waals surface area contributed by atoms with E-state index in [1.54, 1.807) is 12.2 Å². The molecule has 0 unspecified atom stereocenters. The predicted molar refractivity (Wildman–Crippen MR) is 116 cm³/mol. The number of hydrogen-bond acceptors (Lipinski definition) is 6. The van der Waals surface area contributed by atoms with Crippen molar-refractivity contribution in [3.05, 3.63) is 47.0 Å². The van der Waals surface area contributed by atoms with Crippen LogP contribution in [0.15, 0.2) is 30.4 Å². The minimum atomic E-state index is -1.39. The summed E-state index contributed by atoms with van der Waals surface area (Å²) in [6, 6.07) is 6.51. The normalized spacial score (nSPS) is 47.7. The second-order valence-electron chi connectivity index (χ2n) is 10.8. The highest BCUT2D eigenvalue weighted by Crippen LogP contribution is 2.60. The molecule has 2 aliphatic heterocycles. The highest BCUT2D eigenvalue weighted by atomic mass is 16.7. The fourth-order valence-corrected chi connectivity index (χ4v) is 7.24. The molecular formula is C26H32O6. The lowest BCUT2D eigenvalue weighted by molar-refractivity contribution is -0.207. The van der Waals surface area contributed by atoms with E-state index in [-0.39, 0.29) is 41.8 Å². The first kappa shape index (κ1) is 21.0. The van der Waals surface area contributed by atoms with Gasteiger partial charge in [0.15, 0.2) is 12.1 Å². The van der Waals surface area contributed by atoms with Gasteiger partial charge in [-0.05, 0) is 67.2 Å². The predicted octanol–water partition coefficient (Wildman–Crippen LogP) is 2.34. The second kappa shape index (κ2) is 6.97. The van der Waals surface area contributed by atoms with Gasteiger partial charge in [0.05, 0.1) is 23.7 Å². The van der Waals surface area contributed by atoms with Gasteiger partial charge in [-0.15, -0.1) is 0 Å². The summed E-state index contributed by atoms with van der Waals surface area (Å²) < 4.78 is 11.3. The van der Waals surface area contributed by atoms with Gasteiger partial charge in [-0.3, -0.25) is 4.79 Å². The first-order valence-electron chi connectivity index (χ1n) is 12.0. The number of epoxide rings is 1. The molecule has 1 saturated carbocycles. The second-order valence-corrected chi connectivity index (χ2v) is 10.8. The molecule has 3 fully saturated rings. The van der Waals surface area contributed by atoms with Crippen LogP contribution in [0.2, 0.25) is 0 Å². The Morgan fingerprint density at radius 2 is 2.00 bits per heavy atom. The number of ketones is 1. The number of allylic oxidation sites excluding steroid dienone is 1. The Labute approximate surface area is 188 Å². The van der Waals surface area contributed by atoms with Gasteiger partial charge in [-0.25, -0.2) is 0 Å². The number of carbonyl (C=O) groups is 1.